The average Bonchev–Trinajstić information content (AvgIpc) is 3.66. The summed E-state index contributed by atoms with van der Waals surface area (Å²) < 4.78 is 0. The summed E-state index contributed by atoms with van der Waals surface area (Å²) in [4.78, 5) is 67.6. The number of benzene rings is 3. The van der Waals surface area contributed by atoms with Crippen LogP contribution in [0.3, 0.4) is 0 Å². The predicted octanol–water partition coefficient (Wildman–Crippen LogP) is 5.47. The van der Waals surface area contributed by atoms with Gasteiger partial charge in [-0.05, 0) is 66.3 Å². The summed E-state index contributed by atoms with van der Waals surface area (Å²) in [5.41, 5.74) is 1.62. The molecular weight excluding hydrogens is 632 g/mol. The second-order valence-corrected chi connectivity index (χ2v) is 12.8. The van der Waals surface area contributed by atoms with E-state index in [9.17, 15) is 29.1 Å². The molecule has 5 rings (SSSR count). The van der Waals surface area contributed by atoms with Gasteiger partial charge >= 0.3 is 5.97 Å². The number of amides is 4. The van der Waals surface area contributed by atoms with Gasteiger partial charge in [0, 0.05) is 37.5 Å². The van der Waals surface area contributed by atoms with Crippen molar-refractivity contribution in [3.05, 3.63) is 106 Å². The molecule has 1 aliphatic carbocycles. The van der Waals surface area contributed by atoms with Crippen LogP contribution in [0.1, 0.15) is 68.8 Å². The van der Waals surface area contributed by atoms with Crippen LogP contribution < -0.4 is 15.5 Å². The Hall–Kier alpha value is -4.96. The zero-order valence-corrected chi connectivity index (χ0v) is 27.7. The number of nitrogens with one attached hydrogen (secondary N) is 2. The van der Waals surface area contributed by atoms with E-state index < -0.39 is 23.6 Å². The molecule has 0 radical (unpaired) electrons. The Morgan fingerprint density at radius 3 is 2.17 bits per heavy atom. The number of carbonyl (C=O) groups is 5. The molecule has 0 aromatic heterocycles. The topological polar surface area (TPSA) is 136 Å². The molecule has 1 saturated carbocycles. The maximum atomic E-state index is 14.2. The van der Waals surface area contributed by atoms with Gasteiger partial charge in [0.15, 0.2) is 0 Å². The van der Waals surface area contributed by atoms with E-state index in [0.717, 1.165) is 24.0 Å². The molecule has 3 aromatic carbocycles. The van der Waals surface area contributed by atoms with Gasteiger partial charge in [0.25, 0.3) is 5.91 Å². The van der Waals surface area contributed by atoms with Gasteiger partial charge in [-0.1, -0.05) is 79.0 Å². The standard InChI is InChI=1S/C37H39ClN4O6/c1-24(43)39-21-20-37(18-6-7-19-37)36(48)40-31(35(46)47)22-26-12-16-30(17-13-26)42-33(28-8-4-3-5-9-28)41(25(2)44)32(34(42)45)23-27-10-14-29(38)15-11-27/h3-5,8-17,22,32-33H,6-7,18-21,23H2,1-2H3,(H,39,43)(H,40,48)(H,46,47). The van der Waals surface area contributed by atoms with Crippen LogP contribution in [0.25, 0.3) is 6.08 Å². The van der Waals surface area contributed by atoms with Crippen LogP contribution in [0, 0.1) is 5.41 Å². The lowest BCUT2D eigenvalue weighted by Crippen LogP contribution is -2.42. The molecule has 2 fully saturated rings. The molecule has 2 atom stereocenters. The highest BCUT2D eigenvalue weighted by Gasteiger charge is 2.48. The second kappa shape index (κ2) is 14.9. The van der Waals surface area contributed by atoms with Crippen LogP contribution >= 0.6 is 11.6 Å². The molecule has 3 N–H and O–H groups in total. The monoisotopic (exact) mass is 670 g/mol. The number of anilines is 1. The molecule has 2 unspecified atom stereocenters. The number of hydrogen-bond donors (Lipinski definition) is 3. The fourth-order valence-electron chi connectivity index (χ4n) is 6.74. The van der Waals surface area contributed by atoms with E-state index in [-0.39, 0.29) is 29.3 Å². The lowest BCUT2D eigenvalue weighted by atomic mass is 9.81. The summed E-state index contributed by atoms with van der Waals surface area (Å²) in [6.45, 7) is 3.20. The number of aliphatic carboxylic acids is 1. The highest BCUT2D eigenvalue weighted by molar-refractivity contribution is 6.30. The van der Waals surface area contributed by atoms with Crippen molar-refractivity contribution in [3.8, 4) is 0 Å². The summed E-state index contributed by atoms with van der Waals surface area (Å²) in [6.07, 6.45) is 4.32. The Balaban J connectivity index is 1.43. The van der Waals surface area contributed by atoms with Gasteiger partial charge < -0.3 is 20.6 Å². The Kier molecular flexibility index (Phi) is 10.6. The molecule has 3 aromatic rings. The second-order valence-electron chi connectivity index (χ2n) is 12.4. The van der Waals surface area contributed by atoms with Gasteiger partial charge in [0.05, 0.1) is 5.41 Å². The number of rotatable bonds is 11. The molecule has 10 nitrogen and oxygen atoms in total. The zero-order chi connectivity index (χ0) is 34.4. The highest BCUT2D eigenvalue weighted by Crippen LogP contribution is 2.42. The fraction of sp³-hybridized carbons (Fsp3) is 0.324. The molecule has 250 valence electrons. The summed E-state index contributed by atoms with van der Waals surface area (Å²) in [6, 6.07) is 22.5. The van der Waals surface area contributed by atoms with Gasteiger partial charge in [0.2, 0.25) is 17.7 Å². The van der Waals surface area contributed by atoms with E-state index in [1.54, 1.807) is 46.2 Å². The van der Waals surface area contributed by atoms with Crippen molar-refractivity contribution in [2.45, 2.75) is 64.6 Å². The molecule has 0 bridgehead atoms. The quantitative estimate of drug-likeness (QED) is 0.232. The van der Waals surface area contributed by atoms with E-state index in [1.807, 2.05) is 42.5 Å². The number of carboxylic acid groups (broad SMARTS) is 1. The molecule has 4 amide bonds. The van der Waals surface area contributed by atoms with Crippen LogP contribution in [0.4, 0.5) is 5.69 Å². The number of carbonyl (C=O) groups excluding carboxylic acids is 4. The van der Waals surface area contributed by atoms with Crippen LogP contribution in [-0.2, 0) is 30.4 Å². The predicted molar refractivity (Wildman–Crippen MR) is 183 cm³/mol. The molecule has 1 saturated heterocycles. The SMILES string of the molecule is CC(=O)NCCC1(C(=O)NC(=Cc2ccc(N3C(=O)C(Cc4ccc(Cl)cc4)N(C(C)=O)C3c3ccccc3)cc2)C(=O)O)CCCC1. The number of halogens is 1. The fourth-order valence-corrected chi connectivity index (χ4v) is 6.87. The zero-order valence-electron chi connectivity index (χ0n) is 26.9. The van der Waals surface area contributed by atoms with Crippen molar-refractivity contribution < 1.29 is 29.1 Å². The highest BCUT2D eigenvalue weighted by atomic mass is 35.5. The van der Waals surface area contributed by atoms with E-state index in [4.69, 9.17) is 11.6 Å². The molecule has 0 spiro atoms. The van der Waals surface area contributed by atoms with E-state index in [0.29, 0.717) is 48.5 Å². The largest absolute Gasteiger partial charge is 0.477 e. The Labute approximate surface area is 284 Å². The first-order valence-electron chi connectivity index (χ1n) is 16.0. The molecular formula is C37H39ClN4O6. The van der Waals surface area contributed by atoms with Crippen molar-refractivity contribution in [3.63, 3.8) is 0 Å². The van der Waals surface area contributed by atoms with Crippen molar-refractivity contribution in [2.75, 3.05) is 11.4 Å². The summed E-state index contributed by atoms with van der Waals surface area (Å²) >= 11 is 6.08. The van der Waals surface area contributed by atoms with Gasteiger partial charge in [-0.3, -0.25) is 24.1 Å². The van der Waals surface area contributed by atoms with Crippen LogP contribution in [-0.4, -0.2) is 52.2 Å². The smallest absolute Gasteiger partial charge is 0.352 e. The minimum atomic E-state index is -1.29. The molecule has 11 heteroatoms. The molecule has 1 heterocycles. The summed E-state index contributed by atoms with van der Waals surface area (Å²) in [5.74, 6) is -2.35. The first-order valence-corrected chi connectivity index (χ1v) is 16.4. The Morgan fingerprint density at radius 1 is 0.938 bits per heavy atom. The van der Waals surface area contributed by atoms with Gasteiger partial charge in [-0.15, -0.1) is 0 Å². The van der Waals surface area contributed by atoms with E-state index >= 15 is 0 Å². The third-order valence-electron chi connectivity index (χ3n) is 9.15. The summed E-state index contributed by atoms with van der Waals surface area (Å²) in [7, 11) is 0. The first-order chi connectivity index (χ1) is 23.0. The van der Waals surface area contributed by atoms with Gasteiger partial charge in [-0.2, -0.15) is 0 Å². The number of carboxylic acids is 1. The van der Waals surface area contributed by atoms with Crippen LogP contribution in [0.15, 0.2) is 84.6 Å². The number of nitrogens with zero attached hydrogens (tertiary/aromatic N) is 2. The molecule has 1 aliphatic heterocycles. The first kappa shape index (κ1) is 34.4. The molecule has 2 aliphatic rings. The molecule has 48 heavy (non-hydrogen) atoms. The Bertz CT molecular complexity index is 1700. The van der Waals surface area contributed by atoms with Gasteiger partial charge in [-0.25, -0.2) is 4.79 Å². The normalized spacial score (nSPS) is 18.9. The van der Waals surface area contributed by atoms with Crippen LogP contribution in [0.2, 0.25) is 5.02 Å². The average molecular weight is 671 g/mol. The van der Waals surface area contributed by atoms with Gasteiger partial charge in [0.1, 0.15) is 17.9 Å². The number of hydrogen-bond acceptors (Lipinski definition) is 5. The van der Waals surface area contributed by atoms with Crippen molar-refractivity contribution in [2.24, 2.45) is 5.41 Å². The summed E-state index contributed by atoms with van der Waals surface area (Å²) in [5, 5.41) is 15.9. The third kappa shape index (κ3) is 7.60. The van der Waals surface area contributed by atoms with Crippen molar-refractivity contribution in [1.82, 2.24) is 15.5 Å². The maximum Gasteiger partial charge on any atom is 0.352 e. The van der Waals surface area contributed by atoms with Crippen molar-refractivity contribution in [1.29, 1.82) is 0 Å². The lowest BCUT2D eigenvalue weighted by Gasteiger charge is -2.31. The minimum Gasteiger partial charge on any atom is -0.477 e. The lowest BCUT2D eigenvalue weighted by molar-refractivity contribution is -0.137. The van der Waals surface area contributed by atoms with Crippen LogP contribution in [0.5, 0.6) is 0 Å². The maximum absolute atomic E-state index is 14.2. The third-order valence-corrected chi connectivity index (χ3v) is 9.40. The van der Waals surface area contributed by atoms with E-state index in [1.165, 1.54) is 19.9 Å². The Morgan fingerprint density at radius 2 is 1.58 bits per heavy atom. The van der Waals surface area contributed by atoms with Crippen molar-refractivity contribution >= 4 is 53.0 Å². The minimum absolute atomic E-state index is 0.185. The van der Waals surface area contributed by atoms with E-state index in [2.05, 4.69) is 10.6 Å².